The zero-order valence-electron chi connectivity index (χ0n) is 11.9. The minimum Gasteiger partial charge on any atom is -0.376 e. The zero-order valence-corrected chi connectivity index (χ0v) is 11.9. The van der Waals surface area contributed by atoms with Gasteiger partial charge in [0.05, 0.1) is 6.61 Å². The van der Waals surface area contributed by atoms with Crippen molar-refractivity contribution >= 4 is 5.82 Å². The molecule has 0 aliphatic rings. The predicted octanol–water partition coefficient (Wildman–Crippen LogP) is 3.86. The number of aromatic nitrogens is 1. The van der Waals surface area contributed by atoms with Gasteiger partial charge in [-0.25, -0.2) is 4.98 Å². The van der Waals surface area contributed by atoms with Crippen molar-refractivity contribution in [3.8, 4) is 0 Å². The third-order valence-corrected chi connectivity index (χ3v) is 2.83. The van der Waals surface area contributed by atoms with Crippen molar-refractivity contribution in [1.82, 2.24) is 4.98 Å². The smallest absolute Gasteiger partial charge is 0.126 e. The Morgan fingerprint density at radius 2 is 2.17 bits per heavy atom. The summed E-state index contributed by atoms with van der Waals surface area (Å²) in [5, 5.41) is 3.29. The zero-order chi connectivity index (χ0) is 13.2. The third-order valence-electron chi connectivity index (χ3n) is 2.83. The van der Waals surface area contributed by atoms with E-state index >= 15 is 0 Å². The summed E-state index contributed by atoms with van der Waals surface area (Å²) in [6, 6.07) is 4.09. The normalized spacial score (nSPS) is 12.4. The van der Waals surface area contributed by atoms with Gasteiger partial charge in [0.25, 0.3) is 0 Å². The van der Waals surface area contributed by atoms with E-state index < -0.39 is 0 Å². The van der Waals surface area contributed by atoms with Gasteiger partial charge in [-0.15, -0.1) is 0 Å². The number of rotatable bonds is 9. The second-order valence-corrected chi connectivity index (χ2v) is 4.89. The fraction of sp³-hybridized carbons (Fsp3) is 0.667. The first-order chi connectivity index (χ1) is 8.76. The Morgan fingerprint density at radius 1 is 1.33 bits per heavy atom. The van der Waals surface area contributed by atoms with Crippen LogP contribution in [0.15, 0.2) is 18.3 Å². The lowest BCUT2D eigenvalue weighted by Gasteiger charge is -2.11. The molecule has 0 aliphatic carbocycles. The van der Waals surface area contributed by atoms with Crippen LogP contribution in [0.3, 0.4) is 0 Å². The summed E-state index contributed by atoms with van der Waals surface area (Å²) in [4.78, 5) is 4.28. The Bertz CT molecular complexity index is 328. The first-order valence-electron chi connectivity index (χ1n) is 7.02. The van der Waals surface area contributed by atoms with Crippen LogP contribution >= 0.6 is 0 Å². The molecule has 3 nitrogen and oxygen atoms in total. The van der Waals surface area contributed by atoms with E-state index in [1.807, 2.05) is 12.3 Å². The van der Waals surface area contributed by atoms with Crippen molar-refractivity contribution in [2.24, 2.45) is 5.92 Å². The van der Waals surface area contributed by atoms with Crippen molar-refractivity contribution in [2.75, 3.05) is 18.5 Å². The molecule has 0 bridgehead atoms. The number of nitrogens with zero attached hydrogens (tertiary/aromatic N) is 1. The van der Waals surface area contributed by atoms with Crippen molar-refractivity contribution in [2.45, 2.75) is 46.6 Å². The number of pyridine rings is 1. The Labute approximate surface area is 111 Å². The molecule has 0 amide bonds. The molecular formula is C15H26N2O. The van der Waals surface area contributed by atoms with Gasteiger partial charge in [0.1, 0.15) is 5.82 Å². The summed E-state index contributed by atoms with van der Waals surface area (Å²) in [6.07, 6.45) is 5.41. The van der Waals surface area contributed by atoms with Crippen LogP contribution < -0.4 is 5.32 Å². The molecule has 0 spiro atoms. The predicted molar refractivity (Wildman–Crippen MR) is 76.7 cm³/mol. The molecule has 0 aromatic carbocycles. The van der Waals surface area contributed by atoms with Crippen molar-refractivity contribution in [3.05, 3.63) is 23.9 Å². The number of hydrogen-bond donors (Lipinski definition) is 1. The first kappa shape index (κ1) is 15.0. The van der Waals surface area contributed by atoms with Crippen LogP contribution in [0.25, 0.3) is 0 Å². The second kappa shape index (κ2) is 8.92. The highest BCUT2D eigenvalue weighted by atomic mass is 16.5. The molecule has 1 aromatic heterocycles. The SMILES string of the molecule is CCCNc1cc(COCC(C)CCC)ccn1. The molecule has 1 atom stereocenters. The molecule has 102 valence electrons. The number of nitrogens with one attached hydrogen (secondary N) is 1. The molecule has 1 heterocycles. The minimum absolute atomic E-state index is 0.648. The number of hydrogen-bond acceptors (Lipinski definition) is 3. The van der Waals surface area contributed by atoms with Gasteiger partial charge < -0.3 is 10.1 Å². The molecule has 0 aliphatic heterocycles. The molecule has 0 saturated heterocycles. The summed E-state index contributed by atoms with van der Waals surface area (Å²) in [5.74, 6) is 1.59. The molecule has 1 unspecified atom stereocenters. The molecule has 0 fully saturated rings. The lowest BCUT2D eigenvalue weighted by atomic mass is 10.1. The van der Waals surface area contributed by atoms with Crippen molar-refractivity contribution < 1.29 is 4.74 Å². The standard InChI is InChI=1S/C15H26N2O/c1-4-6-13(3)11-18-12-14-7-9-17-15(10-14)16-8-5-2/h7,9-10,13H,4-6,8,11-12H2,1-3H3,(H,16,17). The van der Waals surface area contributed by atoms with Gasteiger partial charge in [-0.1, -0.05) is 27.2 Å². The van der Waals surface area contributed by atoms with E-state index in [0.29, 0.717) is 12.5 Å². The van der Waals surface area contributed by atoms with Crippen molar-refractivity contribution in [3.63, 3.8) is 0 Å². The first-order valence-corrected chi connectivity index (χ1v) is 7.02. The third kappa shape index (κ3) is 6.01. The fourth-order valence-electron chi connectivity index (χ4n) is 1.87. The Morgan fingerprint density at radius 3 is 2.89 bits per heavy atom. The van der Waals surface area contributed by atoms with Crippen LogP contribution in [0.2, 0.25) is 0 Å². The summed E-state index contributed by atoms with van der Waals surface area (Å²) in [5.41, 5.74) is 1.19. The van der Waals surface area contributed by atoms with Crippen LogP contribution in [0.1, 0.15) is 45.6 Å². The molecule has 1 aromatic rings. The molecule has 0 saturated carbocycles. The minimum atomic E-state index is 0.648. The molecule has 1 N–H and O–H groups in total. The maximum atomic E-state index is 5.74. The largest absolute Gasteiger partial charge is 0.376 e. The summed E-state index contributed by atoms with van der Waals surface area (Å²) >= 11 is 0. The van der Waals surface area contributed by atoms with Crippen LogP contribution in [0, 0.1) is 5.92 Å². The van der Waals surface area contributed by atoms with Gasteiger partial charge in [-0.3, -0.25) is 0 Å². The Balaban J connectivity index is 2.33. The van der Waals surface area contributed by atoms with E-state index in [0.717, 1.165) is 25.4 Å². The lowest BCUT2D eigenvalue weighted by Crippen LogP contribution is -2.06. The van der Waals surface area contributed by atoms with Crippen LogP contribution in [-0.4, -0.2) is 18.1 Å². The maximum Gasteiger partial charge on any atom is 0.126 e. The molecular weight excluding hydrogens is 224 g/mol. The quantitative estimate of drug-likeness (QED) is 0.722. The molecule has 0 radical (unpaired) electrons. The van der Waals surface area contributed by atoms with E-state index in [-0.39, 0.29) is 0 Å². The van der Waals surface area contributed by atoms with Crippen LogP contribution in [0.5, 0.6) is 0 Å². The van der Waals surface area contributed by atoms with Gasteiger partial charge >= 0.3 is 0 Å². The average molecular weight is 250 g/mol. The highest BCUT2D eigenvalue weighted by Gasteiger charge is 2.02. The summed E-state index contributed by atoms with van der Waals surface area (Å²) in [6.45, 7) is 9.08. The van der Waals surface area contributed by atoms with E-state index in [1.54, 1.807) is 0 Å². The van der Waals surface area contributed by atoms with Crippen LogP contribution in [0.4, 0.5) is 5.82 Å². The highest BCUT2D eigenvalue weighted by Crippen LogP contribution is 2.10. The Kier molecular flexibility index (Phi) is 7.42. The lowest BCUT2D eigenvalue weighted by molar-refractivity contribution is 0.0893. The van der Waals surface area contributed by atoms with Gasteiger partial charge in [-0.2, -0.15) is 0 Å². The van der Waals surface area contributed by atoms with Crippen molar-refractivity contribution in [1.29, 1.82) is 0 Å². The summed E-state index contributed by atoms with van der Waals surface area (Å²) in [7, 11) is 0. The van der Waals surface area contributed by atoms with Gasteiger partial charge in [-0.05, 0) is 36.5 Å². The maximum absolute atomic E-state index is 5.74. The average Bonchev–Trinajstić information content (AvgIpc) is 2.37. The highest BCUT2D eigenvalue weighted by molar-refractivity contribution is 5.37. The van der Waals surface area contributed by atoms with Gasteiger partial charge in [0.15, 0.2) is 0 Å². The van der Waals surface area contributed by atoms with Gasteiger partial charge in [0, 0.05) is 19.3 Å². The molecule has 1 rings (SSSR count). The van der Waals surface area contributed by atoms with Gasteiger partial charge in [0.2, 0.25) is 0 Å². The fourth-order valence-corrected chi connectivity index (χ4v) is 1.87. The Hall–Kier alpha value is -1.09. The topological polar surface area (TPSA) is 34.1 Å². The molecule has 3 heteroatoms. The second-order valence-electron chi connectivity index (χ2n) is 4.89. The van der Waals surface area contributed by atoms with E-state index in [9.17, 15) is 0 Å². The monoisotopic (exact) mass is 250 g/mol. The number of anilines is 1. The molecule has 18 heavy (non-hydrogen) atoms. The van der Waals surface area contributed by atoms with Crippen LogP contribution in [-0.2, 0) is 11.3 Å². The van der Waals surface area contributed by atoms with E-state index in [2.05, 4.69) is 37.1 Å². The summed E-state index contributed by atoms with van der Waals surface area (Å²) < 4.78 is 5.74. The van der Waals surface area contributed by atoms with E-state index in [1.165, 1.54) is 18.4 Å². The number of ether oxygens (including phenoxy) is 1. The van der Waals surface area contributed by atoms with E-state index in [4.69, 9.17) is 4.74 Å².